The van der Waals surface area contributed by atoms with E-state index in [0.717, 1.165) is 6.42 Å². The van der Waals surface area contributed by atoms with Crippen LogP contribution in [-0.2, 0) is 9.53 Å². The average Bonchev–Trinajstić information content (AvgIpc) is 1.86. The summed E-state index contributed by atoms with van der Waals surface area (Å²) < 4.78 is 4.96. The minimum absolute atomic E-state index is 0.164. The normalized spacial score (nSPS) is 11.8. The highest BCUT2D eigenvalue weighted by Gasteiger charge is 2.27. The second kappa shape index (κ2) is 3.74. The van der Waals surface area contributed by atoms with E-state index in [1.165, 1.54) is 0 Å². The Morgan fingerprint density at radius 2 is 2.09 bits per heavy atom. The molecule has 0 fully saturated rings. The van der Waals surface area contributed by atoms with Crippen molar-refractivity contribution in [2.75, 3.05) is 0 Å². The van der Waals surface area contributed by atoms with E-state index >= 15 is 0 Å². The molecule has 1 radical (unpaired) electrons. The maximum atomic E-state index is 11.2. The molecule has 11 heavy (non-hydrogen) atoms. The Labute approximate surface area is 68.9 Å². The lowest BCUT2D eigenvalue weighted by Crippen LogP contribution is -2.28. The molecule has 0 heterocycles. The Kier molecular flexibility index (Phi) is 3.56. The van der Waals surface area contributed by atoms with E-state index in [-0.39, 0.29) is 17.5 Å². The summed E-state index contributed by atoms with van der Waals surface area (Å²) in [4.78, 5) is 11.2. The van der Waals surface area contributed by atoms with Crippen molar-refractivity contribution in [2.45, 2.75) is 40.2 Å². The van der Waals surface area contributed by atoms with Crippen LogP contribution in [0.2, 0.25) is 0 Å². The van der Waals surface area contributed by atoms with Crippen LogP contribution < -0.4 is 0 Å². The maximum Gasteiger partial charge on any atom is 0.311 e. The molecule has 2 nitrogen and oxygen atoms in total. The van der Waals surface area contributed by atoms with Crippen molar-refractivity contribution in [3.63, 3.8) is 0 Å². The Balaban J connectivity index is 4.02. The number of hydrogen-bond donors (Lipinski definition) is 0. The molecule has 2 heteroatoms. The fourth-order valence-corrected chi connectivity index (χ4v) is 0.487. The summed E-state index contributed by atoms with van der Waals surface area (Å²) in [5, 5.41) is 0. The van der Waals surface area contributed by atoms with Crippen LogP contribution in [0.5, 0.6) is 0 Å². The van der Waals surface area contributed by atoms with Gasteiger partial charge in [0.05, 0.1) is 11.5 Å². The number of esters is 1. The summed E-state index contributed by atoms with van der Waals surface area (Å²) in [6.07, 6.45) is 0.534. The summed E-state index contributed by atoms with van der Waals surface area (Å²) >= 11 is 0. The van der Waals surface area contributed by atoms with Gasteiger partial charge in [-0.3, -0.25) is 4.79 Å². The molecule has 0 bridgehead atoms. The van der Waals surface area contributed by atoms with Gasteiger partial charge in [-0.05, 0) is 34.1 Å². The van der Waals surface area contributed by atoms with Gasteiger partial charge in [-0.2, -0.15) is 0 Å². The molecule has 0 saturated heterocycles. The quantitative estimate of drug-likeness (QED) is 0.587. The van der Waals surface area contributed by atoms with E-state index in [2.05, 4.69) is 6.92 Å². The summed E-state index contributed by atoms with van der Waals surface area (Å²) in [5.74, 6) is -0.164. The predicted molar refractivity (Wildman–Crippen MR) is 45.0 cm³/mol. The van der Waals surface area contributed by atoms with Crippen molar-refractivity contribution < 1.29 is 9.53 Å². The van der Waals surface area contributed by atoms with Crippen molar-refractivity contribution in [3.8, 4) is 0 Å². The van der Waals surface area contributed by atoms with Gasteiger partial charge < -0.3 is 4.74 Å². The molecular weight excluding hydrogens is 140 g/mol. The molecule has 0 spiro atoms. The van der Waals surface area contributed by atoms with Crippen LogP contribution in [-0.4, -0.2) is 12.1 Å². The number of ether oxygens (including phenoxy) is 1. The van der Waals surface area contributed by atoms with E-state index < -0.39 is 0 Å². The fourth-order valence-electron chi connectivity index (χ4n) is 0.487. The molecule has 0 rings (SSSR count). The molecule has 0 aromatic rings. The number of hydrogen-bond acceptors (Lipinski definition) is 2. The molecule has 0 saturated carbocycles. The standard InChI is InChI=1S/C9H17O2/c1-6-9(4,5)8(10)11-7(2)3/h7H,2,6H2,1,3-5H3/t7-/m0/s1. The second-order valence-corrected chi connectivity index (χ2v) is 3.45. The lowest BCUT2D eigenvalue weighted by atomic mass is 9.91. The van der Waals surface area contributed by atoms with Gasteiger partial charge in [0.2, 0.25) is 0 Å². The Morgan fingerprint density at radius 3 is 2.36 bits per heavy atom. The SMILES string of the molecule is [CH2][C@@H](C)OC(=O)C(C)(C)CC. The summed E-state index contributed by atoms with van der Waals surface area (Å²) in [5.41, 5.74) is -0.369. The molecule has 0 aliphatic rings. The van der Waals surface area contributed by atoms with Gasteiger partial charge >= 0.3 is 5.97 Å². The van der Waals surface area contributed by atoms with Crippen molar-refractivity contribution in [1.82, 2.24) is 0 Å². The zero-order chi connectivity index (χ0) is 9.07. The monoisotopic (exact) mass is 157 g/mol. The van der Waals surface area contributed by atoms with E-state index in [1.807, 2.05) is 20.8 Å². The molecule has 65 valence electrons. The first-order chi connectivity index (χ1) is 4.90. The molecule has 0 N–H and O–H groups in total. The minimum Gasteiger partial charge on any atom is -0.462 e. The number of rotatable bonds is 3. The molecular formula is C9H17O2. The first-order valence-corrected chi connectivity index (χ1v) is 3.94. The second-order valence-electron chi connectivity index (χ2n) is 3.45. The fraction of sp³-hybridized carbons (Fsp3) is 0.778. The molecule has 0 aromatic carbocycles. The lowest BCUT2D eigenvalue weighted by molar-refractivity contribution is -0.156. The zero-order valence-corrected chi connectivity index (χ0v) is 7.81. The van der Waals surface area contributed by atoms with Crippen molar-refractivity contribution in [1.29, 1.82) is 0 Å². The Bertz CT molecular complexity index is 136. The first kappa shape index (κ1) is 10.5. The van der Waals surface area contributed by atoms with Gasteiger partial charge in [0.1, 0.15) is 0 Å². The largest absolute Gasteiger partial charge is 0.462 e. The Morgan fingerprint density at radius 1 is 1.64 bits per heavy atom. The molecule has 0 amide bonds. The Hall–Kier alpha value is -0.530. The van der Waals surface area contributed by atoms with E-state index in [9.17, 15) is 4.79 Å². The number of carbonyl (C=O) groups is 1. The molecule has 1 atom stereocenters. The van der Waals surface area contributed by atoms with Crippen LogP contribution in [0.15, 0.2) is 0 Å². The third kappa shape index (κ3) is 3.40. The minimum atomic E-state index is -0.369. The van der Waals surface area contributed by atoms with Gasteiger partial charge in [-0.1, -0.05) is 6.92 Å². The third-order valence-electron chi connectivity index (χ3n) is 1.74. The van der Waals surface area contributed by atoms with Gasteiger partial charge in [0.15, 0.2) is 0 Å². The van der Waals surface area contributed by atoms with Crippen LogP contribution in [0.1, 0.15) is 34.1 Å². The van der Waals surface area contributed by atoms with Crippen LogP contribution in [0, 0.1) is 12.3 Å². The van der Waals surface area contributed by atoms with E-state index in [4.69, 9.17) is 4.74 Å². The highest BCUT2D eigenvalue weighted by atomic mass is 16.5. The van der Waals surface area contributed by atoms with Crippen molar-refractivity contribution in [2.24, 2.45) is 5.41 Å². The zero-order valence-electron chi connectivity index (χ0n) is 7.81. The number of carbonyl (C=O) groups excluding carboxylic acids is 1. The summed E-state index contributed by atoms with van der Waals surface area (Å²) in [6.45, 7) is 11.0. The average molecular weight is 157 g/mol. The molecule has 0 unspecified atom stereocenters. The molecule has 0 aliphatic heterocycles. The highest BCUT2D eigenvalue weighted by Crippen LogP contribution is 2.21. The van der Waals surface area contributed by atoms with Crippen molar-refractivity contribution >= 4 is 5.97 Å². The summed E-state index contributed by atoms with van der Waals surface area (Å²) in [7, 11) is 0. The van der Waals surface area contributed by atoms with Gasteiger partial charge in [0.25, 0.3) is 0 Å². The predicted octanol–water partition coefficient (Wildman–Crippen LogP) is 2.19. The highest BCUT2D eigenvalue weighted by molar-refractivity contribution is 5.75. The molecule has 0 aliphatic carbocycles. The van der Waals surface area contributed by atoms with Gasteiger partial charge in [-0.25, -0.2) is 0 Å². The third-order valence-corrected chi connectivity index (χ3v) is 1.74. The van der Waals surface area contributed by atoms with Crippen molar-refractivity contribution in [3.05, 3.63) is 6.92 Å². The maximum absolute atomic E-state index is 11.2. The van der Waals surface area contributed by atoms with Crippen LogP contribution in [0.3, 0.4) is 0 Å². The first-order valence-electron chi connectivity index (χ1n) is 3.94. The lowest BCUT2D eigenvalue weighted by Gasteiger charge is -2.21. The topological polar surface area (TPSA) is 26.3 Å². The van der Waals surface area contributed by atoms with Crippen LogP contribution in [0.25, 0.3) is 0 Å². The smallest absolute Gasteiger partial charge is 0.311 e. The van der Waals surface area contributed by atoms with Crippen LogP contribution in [0.4, 0.5) is 0 Å². The van der Waals surface area contributed by atoms with Crippen LogP contribution >= 0.6 is 0 Å². The molecule has 0 aromatic heterocycles. The van der Waals surface area contributed by atoms with E-state index in [0.29, 0.717) is 0 Å². The van der Waals surface area contributed by atoms with E-state index in [1.54, 1.807) is 6.92 Å². The van der Waals surface area contributed by atoms with Gasteiger partial charge in [-0.15, -0.1) is 0 Å². The van der Waals surface area contributed by atoms with Gasteiger partial charge in [0, 0.05) is 0 Å². The summed E-state index contributed by atoms with van der Waals surface area (Å²) in [6, 6.07) is 0.